The van der Waals surface area contributed by atoms with Crippen LogP contribution >= 0.6 is 0 Å². The van der Waals surface area contributed by atoms with E-state index in [4.69, 9.17) is 5.11 Å². The van der Waals surface area contributed by atoms with Gasteiger partial charge in [-0.05, 0) is 42.9 Å². The van der Waals surface area contributed by atoms with Crippen LogP contribution in [0.4, 0.5) is 8.78 Å². The second-order valence-electron chi connectivity index (χ2n) is 5.29. The largest absolute Gasteiger partial charge is 0.396 e. The van der Waals surface area contributed by atoms with Gasteiger partial charge in [0.1, 0.15) is 11.6 Å². The van der Waals surface area contributed by atoms with Crippen LogP contribution in [0, 0.1) is 17.0 Å². The van der Waals surface area contributed by atoms with Gasteiger partial charge in [-0.2, -0.15) is 0 Å². The first-order chi connectivity index (χ1) is 9.06. The number of rotatable bonds is 7. The van der Waals surface area contributed by atoms with Crippen molar-refractivity contribution in [2.24, 2.45) is 5.41 Å². The number of benzene rings is 1. The smallest absolute Gasteiger partial charge is 0.129 e. The summed E-state index contributed by atoms with van der Waals surface area (Å²) in [6.45, 7) is 1.01. The van der Waals surface area contributed by atoms with E-state index in [1.807, 2.05) is 0 Å². The van der Waals surface area contributed by atoms with Gasteiger partial charge in [0.25, 0.3) is 0 Å². The molecule has 1 saturated carbocycles. The number of nitrogens with one attached hydrogen (secondary N) is 1. The van der Waals surface area contributed by atoms with Gasteiger partial charge in [-0.25, -0.2) is 8.78 Å². The van der Waals surface area contributed by atoms with E-state index in [2.05, 4.69) is 5.32 Å². The predicted molar refractivity (Wildman–Crippen MR) is 67.6 cm³/mol. The summed E-state index contributed by atoms with van der Waals surface area (Å²) in [5, 5.41) is 21.8. The average Bonchev–Trinajstić information content (AvgIpc) is 3.12. The lowest BCUT2D eigenvalue weighted by Crippen LogP contribution is -2.29. The third-order valence-electron chi connectivity index (χ3n) is 3.75. The average molecular weight is 271 g/mol. The number of halogens is 2. The highest BCUT2D eigenvalue weighted by Gasteiger charge is 2.41. The highest BCUT2D eigenvalue weighted by molar-refractivity contribution is 5.21. The molecule has 1 atom stereocenters. The van der Waals surface area contributed by atoms with Gasteiger partial charge in [0, 0.05) is 25.3 Å². The minimum Gasteiger partial charge on any atom is -0.396 e. The molecule has 3 N–H and O–H groups in total. The third kappa shape index (κ3) is 3.72. The molecular formula is C14H19F2NO2. The van der Waals surface area contributed by atoms with Crippen molar-refractivity contribution in [3.63, 3.8) is 0 Å². The Morgan fingerprint density at radius 1 is 1.32 bits per heavy atom. The van der Waals surface area contributed by atoms with Crippen molar-refractivity contribution in [2.45, 2.75) is 25.4 Å². The van der Waals surface area contributed by atoms with Crippen LogP contribution in [0.25, 0.3) is 0 Å². The van der Waals surface area contributed by atoms with Crippen molar-refractivity contribution in [3.8, 4) is 0 Å². The van der Waals surface area contributed by atoms with Crippen LogP contribution in [0.3, 0.4) is 0 Å². The molecule has 1 aliphatic carbocycles. The van der Waals surface area contributed by atoms with Crippen molar-refractivity contribution in [3.05, 3.63) is 35.4 Å². The molecule has 3 nitrogen and oxygen atoms in total. The van der Waals surface area contributed by atoms with Gasteiger partial charge in [0.05, 0.1) is 6.10 Å². The summed E-state index contributed by atoms with van der Waals surface area (Å²) < 4.78 is 26.4. The van der Waals surface area contributed by atoms with Crippen molar-refractivity contribution in [1.29, 1.82) is 0 Å². The van der Waals surface area contributed by atoms with E-state index in [1.165, 1.54) is 0 Å². The molecule has 0 radical (unpaired) electrons. The lowest BCUT2D eigenvalue weighted by molar-refractivity contribution is 0.164. The Bertz CT molecular complexity index is 435. The maximum atomic E-state index is 13.4. The maximum absolute atomic E-state index is 13.4. The first-order valence-electron chi connectivity index (χ1n) is 6.51. The molecule has 106 valence electrons. The molecule has 0 amide bonds. The van der Waals surface area contributed by atoms with E-state index in [-0.39, 0.29) is 24.1 Å². The van der Waals surface area contributed by atoms with Gasteiger partial charge in [0.15, 0.2) is 0 Å². The summed E-state index contributed by atoms with van der Waals surface area (Å²) >= 11 is 0. The topological polar surface area (TPSA) is 52.5 Å². The molecule has 1 aromatic rings. The van der Waals surface area contributed by atoms with Crippen molar-refractivity contribution >= 4 is 0 Å². The van der Waals surface area contributed by atoms with E-state index < -0.39 is 17.7 Å². The van der Waals surface area contributed by atoms with Gasteiger partial charge >= 0.3 is 0 Å². The fourth-order valence-corrected chi connectivity index (χ4v) is 2.28. The molecule has 0 heterocycles. The van der Waals surface area contributed by atoms with E-state index in [0.29, 0.717) is 6.54 Å². The zero-order valence-electron chi connectivity index (χ0n) is 10.7. The Morgan fingerprint density at radius 3 is 2.68 bits per heavy atom. The van der Waals surface area contributed by atoms with Crippen LogP contribution in [-0.4, -0.2) is 29.9 Å². The molecule has 0 bridgehead atoms. The second kappa shape index (κ2) is 5.94. The quantitative estimate of drug-likeness (QED) is 0.708. The molecule has 1 aromatic carbocycles. The summed E-state index contributed by atoms with van der Waals surface area (Å²) in [7, 11) is 0. The minimum absolute atomic E-state index is 0.0282. The monoisotopic (exact) mass is 271 g/mol. The zero-order chi connectivity index (χ0) is 13.9. The molecule has 1 unspecified atom stereocenters. The molecular weight excluding hydrogens is 252 g/mol. The Labute approximate surface area is 111 Å². The molecule has 5 heteroatoms. The molecule has 0 aliphatic heterocycles. The van der Waals surface area contributed by atoms with Gasteiger partial charge in [-0.15, -0.1) is 0 Å². The number of hydrogen-bond donors (Lipinski definition) is 3. The predicted octanol–water partition coefficient (Wildman–Crippen LogP) is 1.75. The lowest BCUT2D eigenvalue weighted by Gasteiger charge is -2.17. The summed E-state index contributed by atoms with van der Waals surface area (Å²) in [6, 6.07) is 3.06. The fourth-order valence-electron chi connectivity index (χ4n) is 2.28. The van der Waals surface area contributed by atoms with Crippen LogP contribution in [-0.2, 0) is 0 Å². The van der Waals surface area contributed by atoms with Crippen LogP contribution < -0.4 is 5.32 Å². The van der Waals surface area contributed by atoms with Crippen LogP contribution in [0.5, 0.6) is 0 Å². The first kappa shape index (κ1) is 14.4. The molecule has 1 fully saturated rings. The number of hydrogen-bond acceptors (Lipinski definition) is 3. The summed E-state index contributed by atoms with van der Waals surface area (Å²) in [5.74, 6) is -1.17. The summed E-state index contributed by atoms with van der Waals surface area (Å²) in [4.78, 5) is 0. The Hall–Kier alpha value is -1.04. The lowest BCUT2D eigenvalue weighted by atomic mass is 10.0. The van der Waals surface area contributed by atoms with E-state index in [1.54, 1.807) is 0 Å². The van der Waals surface area contributed by atoms with Crippen molar-refractivity contribution in [2.75, 3.05) is 19.7 Å². The molecule has 0 saturated heterocycles. The molecule has 2 rings (SSSR count). The maximum Gasteiger partial charge on any atom is 0.129 e. The van der Waals surface area contributed by atoms with Crippen LogP contribution in [0.2, 0.25) is 0 Å². The molecule has 0 aromatic heterocycles. The fraction of sp³-hybridized carbons (Fsp3) is 0.571. The Kier molecular flexibility index (Phi) is 4.50. The van der Waals surface area contributed by atoms with E-state index in [0.717, 1.165) is 37.5 Å². The van der Waals surface area contributed by atoms with Crippen LogP contribution in [0.1, 0.15) is 30.9 Å². The molecule has 19 heavy (non-hydrogen) atoms. The summed E-state index contributed by atoms with van der Waals surface area (Å²) in [6.07, 6.45) is 1.79. The standard InChI is InChI=1S/C14H19F2NO2/c15-10-1-2-12(16)11(7-10)13(19)8-17-9-14(3-4-14)5-6-18/h1-2,7,13,17-19H,3-6,8-9H2. The van der Waals surface area contributed by atoms with Gasteiger partial charge in [0.2, 0.25) is 0 Å². The molecule has 0 spiro atoms. The highest BCUT2D eigenvalue weighted by atomic mass is 19.1. The summed E-state index contributed by atoms with van der Waals surface area (Å²) in [5.41, 5.74) is 0.106. The second-order valence-corrected chi connectivity index (χ2v) is 5.29. The van der Waals surface area contributed by atoms with E-state index in [9.17, 15) is 13.9 Å². The SMILES string of the molecule is OCCC1(CNCC(O)c2cc(F)ccc2F)CC1. The Morgan fingerprint density at radius 2 is 2.05 bits per heavy atom. The number of aliphatic hydroxyl groups excluding tert-OH is 2. The van der Waals surface area contributed by atoms with Crippen LogP contribution in [0.15, 0.2) is 18.2 Å². The third-order valence-corrected chi connectivity index (χ3v) is 3.75. The molecule has 1 aliphatic rings. The van der Waals surface area contributed by atoms with Crippen molar-refractivity contribution < 1.29 is 19.0 Å². The van der Waals surface area contributed by atoms with E-state index >= 15 is 0 Å². The normalized spacial score (nSPS) is 18.3. The van der Waals surface area contributed by atoms with Gasteiger partial charge in [-0.1, -0.05) is 0 Å². The first-order valence-corrected chi connectivity index (χ1v) is 6.51. The zero-order valence-corrected chi connectivity index (χ0v) is 10.7. The van der Waals surface area contributed by atoms with Gasteiger partial charge in [-0.3, -0.25) is 0 Å². The number of aliphatic hydroxyl groups is 2. The Balaban J connectivity index is 1.84. The highest BCUT2D eigenvalue weighted by Crippen LogP contribution is 2.47. The van der Waals surface area contributed by atoms with Crippen molar-refractivity contribution in [1.82, 2.24) is 5.32 Å². The minimum atomic E-state index is -1.07. The van der Waals surface area contributed by atoms with Gasteiger partial charge < -0.3 is 15.5 Å².